The topological polar surface area (TPSA) is 56.1 Å². The van der Waals surface area contributed by atoms with Crippen molar-refractivity contribution in [1.82, 2.24) is 15.1 Å². The Hall–Kier alpha value is -2.56. The van der Waals surface area contributed by atoms with E-state index in [1.54, 1.807) is 11.8 Å². The number of aryl methyl sites for hydroxylation is 1. The van der Waals surface area contributed by atoms with Crippen LogP contribution in [0.3, 0.4) is 0 Å². The molecule has 0 saturated heterocycles. The standard InChI is InChI=1S/C20H23N3O2/c1-23-19(11-18(22-23)14-5-7-17(25-2)8-6-14)20(24)21-12-16-10-13-3-4-15(16)9-13/h3-8,11,13,15-16H,9-10,12H2,1-2H3,(H,21,24)/t13-,15+,16+/m1/s1. The van der Waals surface area contributed by atoms with E-state index in [9.17, 15) is 4.79 Å². The third-order valence-electron chi connectivity index (χ3n) is 5.44. The molecule has 0 spiro atoms. The second-order valence-corrected chi connectivity index (χ2v) is 7.02. The van der Waals surface area contributed by atoms with Crippen LogP contribution in [0.2, 0.25) is 0 Å². The minimum Gasteiger partial charge on any atom is -0.497 e. The molecule has 4 rings (SSSR count). The molecule has 2 aliphatic carbocycles. The van der Waals surface area contributed by atoms with Crippen LogP contribution < -0.4 is 10.1 Å². The van der Waals surface area contributed by atoms with Crippen molar-refractivity contribution in [2.24, 2.45) is 24.8 Å². The number of rotatable bonds is 5. The molecule has 25 heavy (non-hydrogen) atoms. The summed E-state index contributed by atoms with van der Waals surface area (Å²) in [6, 6.07) is 9.53. The van der Waals surface area contributed by atoms with Crippen LogP contribution in [0.25, 0.3) is 11.3 Å². The maximum Gasteiger partial charge on any atom is 0.269 e. The normalized spacial score (nSPS) is 23.8. The van der Waals surface area contributed by atoms with Gasteiger partial charge in [-0.3, -0.25) is 9.48 Å². The zero-order valence-electron chi connectivity index (χ0n) is 14.6. The Kier molecular flexibility index (Phi) is 4.07. The van der Waals surface area contributed by atoms with E-state index in [1.807, 2.05) is 37.4 Å². The number of hydrogen-bond donors (Lipinski definition) is 1. The van der Waals surface area contributed by atoms with Crippen molar-refractivity contribution < 1.29 is 9.53 Å². The molecule has 2 aromatic rings. The summed E-state index contributed by atoms with van der Waals surface area (Å²) < 4.78 is 6.83. The SMILES string of the molecule is COc1ccc(-c2cc(C(=O)NC[C@@H]3C[C@@H]4C=C[C@H]3C4)n(C)n2)cc1. The number of aromatic nitrogens is 2. The van der Waals surface area contributed by atoms with Gasteiger partial charge in [0.05, 0.1) is 12.8 Å². The van der Waals surface area contributed by atoms with Crippen molar-refractivity contribution in [1.29, 1.82) is 0 Å². The maximum atomic E-state index is 12.6. The molecular weight excluding hydrogens is 314 g/mol. The van der Waals surface area contributed by atoms with Crippen LogP contribution in [0, 0.1) is 17.8 Å². The fourth-order valence-electron chi connectivity index (χ4n) is 4.03. The van der Waals surface area contributed by atoms with Gasteiger partial charge in [-0.25, -0.2) is 0 Å². The first-order valence-corrected chi connectivity index (χ1v) is 8.79. The number of benzene rings is 1. The highest BCUT2D eigenvalue weighted by molar-refractivity contribution is 5.93. The van der Waals surface area contributed by atoms with Crippen LogP contribution in [0.1, 0.15) is 23.3 Å². The Balaban J connectivity index is 1.44. The molecule has 1 fully saturated rings. The van der Waals surface area contributed by atoms with Crippen LogP contribution in [-0.2, 0) is 7.05 Å². The molecular formula is C20H23N3O2. The minimum absolute atomic E-state index is 0.0542. The number of fused-ring (bicyclic) bond motifs is 2. The van der Waals surface area contributed by atoms with E-state index in [4.69, 9.17) is 4.74 Å². The van der Waals surface area contributed by atoms with Crippen molar-refractivity contribution in [3.63, 3.8) is 0 Å². The predicted molar refractivity (Wildman–Crippen MR) is 96.4 cm³/mol. The van der Waals surface area contributed by atoms with Gasteiger partial charge in [-0.1, -0.05) is 12.2 Å². The Bertz CT molecular complexity index is 807. The van der Waals surface area contributed by atoms with E-state index in [-0.39, 0.29) is 5.91 Å². The van der Waals surface area contributed by atoms with Gasteiger partial charge in [-0.15, -0.1) is 0 Å². The molecule has 1 amide bonds. The average Bonchev–Trinajstić information content (AvgIpc) is 3.35. The summed E-state index contributed by atoms with van der Waals surface area (Å²) in [7, 11) is 3.45. The number of hydrogen-bond acceptors (Lipinski definition) is 3. The quantitative estimate of drug-likeness (QED) is 0.853. The third-order valence-corrected chi connectivity index (χ3v) is 5.44. The number of amides is 1. The van der Waals surface area contributed by atoms with Crippen LogP contribution >= 0.6 is 0 Å². The van der Waals surface area contributed by atoms with Gasteiger partial charge in [0, 0.05) is 19.2 Å². The summed E-state index contributed by atoms with van der Waals surface area (Å²) in [5.74, 6) is 2.70. The molecule has 2 aliphatic rings. The van der Waals surface area contributed by atoms with Crippen molar-refractivity contribution in [2.75, 3.05) is 13.7 Å². The van der Waals surface area contributed by atoms with Crippen LogP contribution in [0.5, 0.6) is 5.75 Å². The highest BCUT2D eigenvalue weighted by Crippen LogP contribution is 2.42. The smallest absolute Gasteiger partial charge is 0.269 e. The molecule has 1 aromatic carbocycles. The second-order valence-electron chi connectivity index (χ2n) is 7.02. The number of nitrogens with one attached hydrogen (secondary N) is 1. The summed E-state index contributed by atoms with van der Waals surface area (Å²) in [5.41, 5.74) is 2.34. The molecule has 1 saturated carbocycles. The first kappa shape index (κ1) is 15.9. The molecule has 1 aromatic heterocycles. The Morgan fingerprint density at radius 2 is 2.08 bits per heavy atom. The van der Waals surface area contributed by atoms with E-state index in [0.717, 1.165) is 29.5 Å². The highest BCUT2D eigenvalue weighted by atomic mass is 16.5. The average molecular weight is 337 g/mol. The van der Waals surface area contributed by atoms with E-state index < -0.39 is 0 Å². The van der Waals surface area contributed by atoms with Crippen LogP contribution in [-0.4, -0.2) is 29.3 Å². The van der Waals surface area contributed by atoms with Gasteiger partial charge >= 0.3 is 0 Å². The third kappa shape index (κ3) is 3.06. The van der Waals surface area contributed by atoms with Gasteiger partial charge in [-0.05, 0) is 60.9 Å². The minimum atomic E-state index is -0.0542. The molecule has 3 atom stereocenters. The van der Waals surface area contributed by atoms with Crippen molar-refractivity contribution in [3.05, 3.63) is 48.2 Å². The Morgan fingerprint density at radius 1 is 1.28 bits per heavy atom. The molecule has 2 bridgehead atoms. The van der Waals surface area contributed by atoms with Crippen LogP contribution in [0.4, 0.5) is 0 Å². The fraction of sp³-hybridized carbons (Fsp3) is 0.400. The lowest BCUT2D eigenvalue weighted by Crippen LogP contribution is -2.32. The lowest BCUT2D eigenvalue weighted by atomic mass is 9.93. The van der Waals surface area contributed by atoms with E-state index in [2.05, 4.69) is 22.6 Å². The molecule has 0 unspecified atom stereocenters. The molecule has 1 heterocycles. The Labute approximate surface area is 147 Å². The van der Waals surface area contributed by atoms with Gasteiger partial charge in [0.1, 0.15) is 11.4 Å². The first-order valence-electron chi connectivity index (χ1n) is 8.79. The van der Waals surface area contributed by atoms with E-state index in [1.165, 1.54) is 12.8 Å². The molecule has 130 valence electrons. The lowest BCUT2D eigenvalue weighted by Gasteiger charge is -2.18. The fourth-order valence-corrected chi connectivity index (χ4v) is 4.03. The maximum absolute atomic E-state index is 12.6. The predicted octanol–water partition coefficient (Wildman–Crippen LogP) is 3.04. The summed E-state index contributed by atoms with van der Waals surface area (Å²) in [4.78, 5) is 12.6. The monoisotopic (exact) mass is 337 g/mol. The van der Waals surface area contributed by atoms with E-state index >= 15 is 0 Å². The number of nitrogens with zero attached hydrogens (tertiary/aromatic N) is 2. The van der Waals surface area contributed by atoms with Crippen molar-refractivity contribution >= 4 is 5.91 Å². The number of ether oxygens (including phenoxy) is 1. The van der Waals surface area contributed by atoms with Crippen molar-refractivity contribution in [3.8, 4) is 17.0 Å². The number of carbonyl (C=O) groups excluding carboxylic acids is 1. The highest BCUT2D eigenvalue weighted by Gasteiger charge is 2.35. The molecule has 0 aliphatic heterocycles. The van der Waals surface area contributed by atoms with Crippen LogP contribution in [0.15, 0.2) is 42.5 Å². The number of carbonyl (C=O) groups is 1. The summed E-state index contributed by atoms with van der Waals surface area (Å²) >= 11 is 0. The molecule has 5 nitrogen and oxygen atoms in total. The molecule has 1 N–H and O–H groups in total. The van der Waals surface area contributed by atoms with E-state index in [0.29, 0.717) is 17.5 Å². The van der Waals surface area contributed by atoms with Gasteiger partial charge in [0.25, 0.3) is 5.91 Å². The van der Waals surface area contributed by atoms with Gasteiger partial charge < -0.3 is 10.1 Å². The number of methoxy groups -OCH3 is 1. The van der Waals surface area contributed by atoms with Gasteiger partial charge in [0.2, 0.25) is 0 Å². The Morgan fingerprint density at radius 3 is 2.72 bits per heavy atom. The first-order chi connectivity index (χ1) is 12.1. The zero-order chi connectivity index (χ0) is 17.4. The van der Waals surface area contributed by atoms with Crippen molar-refractivity contribution in [2.45, 2.75) is 12.8 Å². The van der Waals surface area contributed by atoms with Gasteiger partial charge in [0.15, 0.2) is 0 Å². The summed E-state index contributed by atoms with van der Waals surface area (Å²) in [5, 5.41) is 7.58. The lowest BCUT2D eigenvalue weighted by molar-refractivity contribution is 0.0935. The zero-order valence-corrected chi connectivity index (χ0v) is 14.6. The largest absolute Gasteiger partial charge is 0.497 e. The number of allylic oxidation sites excluding steroid dienone is 2. The summed E-state index contributed by atoms with van der Waals surface area (Å²) in [6.07, 6.45) is 7.10. The van der Waals surface area contributed by atoms with Gasteiger partial charge in [-0.2, -0.15) is 5.10 Å². The second kappa shape index (κ2) is 6.39. The summed E-state index contributed by atoms with van der Waals surface area (Å²) in [6.45, 7) is 0.743. The molecule has 5 heteroatoms. The molecule has 0 radical (unpaired) electrons.